The minimum absolute atomic E-state index is 0.0743. The molecule has 0 spiro atoms. The van der Waals surface area contributed by atoms with Crippen LogP contribution in [0.4, 0.5) is 10.6 Å². The van der Waals surface area contributed by atoms with Crippen LogP contribution in [-0.4, -0.2) is 65.1 Å². The summed E-state index contributed by atoms with van der Waals surface area (Å²) >= 11 is 0. The molecule has 0 bridgehead atoms. The topological polar surface area (TPSA) is 161 Å². The van der Waals surface area contributed by atoms with E-state index in [0.29, 0.717) is 0 Å². The third kappa shape index (κ3) is 6.50. The number of anilines is 1. The lowest BCUT2D eigenvalue weighted by Gasteiger charge is -2.23. The van der Waals surface area contributed by atoms with Gasteiger partial charge in [0, 0.05) is 27.0 Å². The van der Waals surface area contributed by atoms with Crippen LogP contribution >= 0.6 is 0 Å². The van der Waals surface area contributed by atoms with Crippen LogP contribution in [0.2, 0.25) is 0 Å². The molecule has 1 fully saturated rings. The standard InChI is InChI=1S/C18H23N3O10/c1-5-27-18(26)20-13-6-7-21(17(25)19-13)16-15(30-11(4)24)14(29-10(3)23)12(31-16)8-28-9(2)22/h6-7,12,14-16H,5,8H2,1-4H3,(H,19,20,25,26)/t12-,14+,15-,16+/m0/s1. The third-order valence-corrected chi connectivity index (χ3v) is 3.95. The maximum atomic E-state index is 12.5. The Bertz CT molecular complexity index is 899. The number of nitrogens with one attached hydrogen (secondary N) is 1. The lowest BCUT2D eigenvalue weighted by molar-refractivity contribution is -0.166. The second-order valence-corrected chi connectivity index (χ2v) is 6.36. The van der Waals surface area contributed by atoms with Gasteiger partial charge in [-0.15, -0.1) is 0 Å². The van der Waals surface area contributed by atoms with E-state index in [1.807, 2.05) is 0 Å². The number of carbonyl (C=O) groups is 4. The van der Waals surface area contributed by atoms with E-state index in [0.717, 1.165) is 18.4 Å². The number of carbonyl (C=O) groups excluding carboxylic acids is 4. The Morgan fingerprint density at radius 3 is 2.26 bits per heavy atom. The van der Waals surface area contributed by atoms with Gasteiger partial charge in [0.15, 0.2) is 18.4 Å². The second kappa shape index (κ2) is 10.5. The van der Waals surface area contributed by atoms with E-state index in [9.17, 15) is 24.0 Å². The lowest BCUT2D eigenvalue weighted by Crippen LogP contribution is -2.41. The van der Waals surface area contributed by atoms with Crippen LogP contribution < -0.4 is 11.0 Å². The highest BCUT2D eigenvalue weighted by molar-refractivity contribution is 5.83. The third-order valence-electron chi connectivity index (χ3n) is 3.95. The molecule has 13 nitrogen and oxygen atoms in total. The van der Waals surface area contributed by atoms with Gasteiger partial charge < -0.3 is 23.7 Å². The van der Waals surface area contributed by atoms with E-state index in [4.69, 9.17) is 23.7 Å². The summed E-state index contributed by atoms with van der Waals surface area (Å²) in [7, 11) is 0. The van der Waals surface area contributed by atoms with Crippen LogP contribution in [0.5, 0.6) is 0 Å². The second-order valence-electron chi connectivity index (χ2n) is 6.36. The van der Waals surface area contributed by atoms with Crippen molar-refractivity contribution in [2.75, 3.05) is 18.5 Å². The zero-order chi connectivity index (χ0) is 23.1. The van der Waals surface area contributed by atoms with Crippen LogP contribution in [0.3, 0.4) is 0 Å². The van der Waals surface area contributed by atoms with Crippen LogP contribution in [0, 0.1) is 0 Å². The van der Waals surface area contributed by atoms with Crippen molar-refractivity contribution in [3.63, 3.8) is 0 Å². The largest absolute Gasteiger partial charge is 0.463 e. The molecule has 1 aromatic rings. The van der Waals surface area contributed by atoms with Gasteiger partial charge in [0.05, 0.1) is 6.61 Å². The summed E-state index contributed by atoms with van der Waals surface area (Å²) in [5.74, 6) is -2.09. The zero-order valence-electron chi connectivity index (χ0n) is 17.4. The number of nitrogens with zero attached hydrogens (tertiary/aromatic N) is 2. The summed E-state index contributed by atoms with van der Waals surface area (Å²) in [6.45, 7) is 4.89. The number of hydrogen-bond donors (Lipinski definition) is 1. The fraction of sp³-hybridized carbons (Fsp3) is 0.556. The van der Waals surface area contributed by atoms with Crippen LogP contribution in [0.25, 0.3) is 0 Å². The summed E-state index contributed by atoms with van der Waals surface area (Å²) in [4.78, 5) is 62.2. The molecule has 1 N–H and O–H groups in total. The van der Waals surface area contributed by atoms with E-state index < -0.39 is 54.2 Å². The first-order chi connectivity index (χ1) is 14.6. The first kappa shape index (κ1) is 23.8. The number of aromatic nitrogens is 2. The molecule has 0 unspecified atom stereocenters. The Kier molecular flexibility index (Phi) is 8.07. The fourth-order valence-electron chi connectivity index (χ4n) is 2.86. The van der Waals surface area contributed by atoms with Crippen molar-refractivity contribution in [2.24, 2.45) is 0 Å². The van der Waals surface area contributed by atoms with Crippen molar-refractivity contribution in [2.45, 2.75) is 52.2 Å². The average Bonchev–Trinajstić information content (AvgIpc) is 2.96. The molecule has 0 aromatic carbocycles. The van der Waals surface area contributed by atoms with Crippen molar-refractivity contribution >= 4 is 29.8 Å². The molecule has 170 valence electrons. The summed E-state index contributed by atoms with van der Waals surface area (Å²) in [6, 6.07) is 1.30. The van der Waals surface area contributed by atoms with Crippen LogP contribution in [0.15, 0.2) is 17.1 Å². The van der Waals surface area contributed by atoms with Gasteiger partial charge in [-0.1, -0.05) is 0 Å². The van der Waals surface area contributed by atoms with E-state index in [1.54, 1.807) is 6.92 Å². The number of ether oxygens (including phenoxy) is 5. The van der Waals surface area contributed by atoms with Crippen molar-refractivity contribution in [1.29, 1.82) is 0 Å². The quantitative estimate of drug-likeness (QED) is 0.452. The minimum Gasteiger partial charge on any atom is -0.463 e. The SMILES string of the molecule is CCOC(=O)Nc1ccn([C@@H]2O[C@@H](COC(C)=O)[C@@H](OC(C)=O)[C@@H]2OC(C)=O)c(=O)n1. The monoisotopic (exact) mass is 441 g/mol. The zero-order valence-corrected chi connectivity index (χ0v) is 17.4. The Balaban J connectivity index is 2.35. The molecule has 1 amide bonds. The lowest BCUT2D eigenvalue weighted by atomic mass is 10.1. The summed E-state index contributed by atoms with van der Waals surface area (Å²) in [5, 5.41) is 2.28. The summed E-state index contributed by atoms with van der Waals surface area (Å²) in [5.41, 5.74) is -0.855. The fourth-order valence-corrected chi connectivity index (χ4v) is 2.86. The molecular weight excluding hydrogens is 418 g/mol. The van der Waals surface area contributed by atoms with Gasteiger partial charge in [0.2, 0.25) is 0 Å². The van der Waals surface area contributed by atoms with E-state index >= 15 is 0 Å². The Morgan fingerprint density at radius 2 is 1.71 bits per heavy atom. The minimum atomic E-state index is -1.24. The van der Waals surface area contributed by atoms with Gasteiger partial charge in [-0.05, 0) is 13.0 Å². The molecular formula is C18H23N3O10. The molecule has 1 aliphatic heterocycles. The van der Waals surface area contributed by atoms with Gasteiger partial charge in [-0.3, -0.25) is 24.3 Å². The van der Waals surface area contributed by atoms with Gasteiger partial charge in [-0.2, -0.15) is 4.98 Å². The molecule has 1 aromatic heterocycles. The molecule has 0 saturated carbocycles. The number of rotatable bonds is 7. The molecule has 13 heteroatoms. The molecule has 2 rings (SSSR count). The Labute approximate surface area is 176 Å². The predicted octanol–water partition coefficient (Wildman–Crippen LogP) is 0.136. The molecule has 31 heavy (non-hydrogen) atoms. The average molecular weight is 441 g/mol. The van der Waals surface area contributed by atoms with E-state index in [1.165, 1.54) is 19.2 Å². The van der Waals surface area contributed by atoms with E-state index in [2.05, 4.69) is 10.3 Å². The van der Waals surface area contributed by atoms with E-state index in [-0.39, 0.29) is 19.0 Å². The molecule has 1 saturated heterocycles. The highest BCUT2D eigenvalue weighted by Crippen LogP contribution is 2.33. The molecule has 0 radical (unpaired) electrons. The smallest absolute Gasteiger partial charge is 0.412 e. The van der Waals surface area contributed by atoms with Crippen LogP contribution in [-0.2, 0) is 38.1 Å². The van der Waals surface area contributed by atoms with Crippen molar-refractivity contribution in [3.8, 4) is 0 Å². The molecule has 4 atom stereocenters. The maximum absolute atomic E-state index is 12.5. The van der Waals surface area contributed by atoms with Gasteiger partial charge in [0.1, 0.15) is 18.5 Å². The summed E-state index contributed by atoms with van der Waals surface area (Å²) < 4.78 is 26.9. The highest BCUT2D eigenvalue weighted by Gasteiger charge is 2.50. The van der Waals surface area contributed by atoms with Crippen molar-refractivity contribution in [1.82, 2.24) is 9.55 Å². The number of amides is 1. The van der Waals surface area contributed by atoms with Gasteiger partial charge >= 0.3 is 29.7 Å². The normalized spacial score (nSPS) is 22.3. The Morgan fingerprint density at radius 1 is 1.06 bits per heavy atom. The van der Waals surface area contributed by atoms with Gasteiger partial charge in [-0.25, -0.2) is 9.59 Å². The maximum Gasteiger partial charge on any atom is 0.412 e. The molecule has 2 heterocycles. The van der Waals surface area contributed by atoms with Gasteiger partial charge in [0.25, 0.3) is 0 Å². The molecule has 0 aliphatic carbocycles. The van der Waals surface area contributed by atoms with Crippen LogP contribution in [0.1, 0.15) is 33.9 Å². The Hall–Kier alpha value is -3.48. The molecule has 1 aliphatic rings. The number of hydrogen-bond acceptors (Lipinski definition) is 11. The first-order valence-electron chi connectivity index (χ1n) is 9.28. The highest BCUT2D eigenvalue weighted by atomic mass is 16.7. The van der Waals surface area contributed by atoms with Crippen molar-refractivity contribution in [3.05, 3.63) is 22.7 Å². The predicted molar refractivity (Wildman–Crippen MR) is 101 cm³/mol. The number of esters is 3. The van der Waals surface area contributed by atoms with Crippen molar-refractivity contribution < 1.29 is 42.9 Å². The summed E-state index contributed by atoms with van der Waals surface area (Å²) in [6.07, 6.45) is -4.20. The first-order valence-corrected chi connectivity index (χ1v) is 9.28.